The molecule has 0 spiro atoms. The zero-order chi connectivity index (χ0) is 18.7. The topological polar surface area (TPSA) is 51.1 Å². The van der Waals surface area contributed by atoms with Crippen molar-refractivity contribution in [2.24, 2.45) is 0 Å². The third-order valence-electron chi connectivity index (χ3n) is 3.94. The Balaban J connectivity index is 1.83. The molecule has 134 valence electrons. The molecule has 0 radical (unpaired) electrons. The van der Waals surface area contributed by atoms with Crippen molar-refractivity contribution >= 4 is 22.9 Å². The highest BCUT2D eigenvalue weighted by molar-refractivity contribution is 7.07. The SMILES string of the molecule is Cc1csc(=O)n1CCC(=O)Nc1c(F)cc(F)cc1-c1ccccc1. The quantitative estimate of drug-likeness (QED) is 0.728. The van der Waals surface area contributed by atoms with E-state index in [1.165, 1.54) is 10.6 Å². The van der Waals surface area contributed by atoms with Gasteiger partial charge < -0.3 is 9.88 Å². The first kappa shape index (κ1) is 18.0. The van der Waals surface area contributed by atoms with Crippen LogP contribution in [0.25, 0.3) is 11.1 Å². The van der Waals surface area contributed by atoms with E-state index in [1.807, 2.05) is 0 Å². The number of hydrogen-bond acceptors (Lipinski definition) is 3. The van der Waals surface area contributed by atoms with Gasteiger partial charge in [-0.2, -0.15) is 0 Å². The summed E-state index contributed by atoms with van der Waals surface area (Å²) in [5.74, 6) is -2.02. The van der Waals surface area contributed by atoms with Gasteiger partial charge in [-0.05, 0) is 18.6 Å². The predicted molar refractivity (Wildman–Crippen MR) is 98.4 cm³/mol. The van der Waals surface area contributed by atoms with Gasteiger partial charge >= 0.3 is 4.87 Å². The molecule has 3 rings (SSSR count). The van der Waals surface area contributed by atoms with Crippen LogP contribution in [0.2, 0.25) is 0 Å². The van der Waals surface area contributed by atoms with Crippen LogP contribution in [-0.2, 0) is 11.3 Å². The molecule has 1 amide bonds. The molecule has 4 nitrogen and oxygen atoms in total. The van der Waals surface area contributed by atoms with Crippen molar-refractivity contribution in [2.45, 2.75) is 19.9 Å². The maximum absolute atomic E-state index is 14.3. The number of benzene rings is 2. The first-order valence-electron chi connectivity index (χ1n) is 7.95. The summed E-state index contributed by atoms with van der Waals surface area (Å²) in [5.41, 5.74) is 1.55. The second kappa shape index (κ2) is 7.61. The Morgan fingerprint density at radius 1 is 1.19 bits per heavy atom. The molecule has 3 aromatic rings. The number of amides is 1. The summed E-state index contributed by atoms with van der Waals surface area (Å²) in [6, 6.07) is 10.6. The van der Waals surface area contributed by atoms with Gasteiger partial charge in [-0.3, -0.25) is 9.59 Å². The molecule has 1 heterocycles. The molecule has 0 aliphatic rings. The van der Waals surface area contributed by atoms with E-state index < -0.39 is 17.5 Å². The fraction of sp³-hybridized carbons (Fsp3) is 0.158. The van der Waals surface area contributed by atoms with Gasteiger partial charge in [-0.1, -0.05) is 41.7 Å². The number of nitrogens with one attached hydrogen (secondary N) is 1. The fourth-order valence-electron chi connectivity index (χ4n) is 2.64. The van der Waals surface area contributed by atoms with Crippen molar-refractivity contribution in [1.29, 1.82) is 0 Å². The summed E-state index contributed by atoms with van der Waals surface area (Å²) >= 11 is 1.06. The number of carbonyl (C=O) groups excluding carboxylic acids is 1. The fourth-order valence-corrected chi connectivity index (χ4v) is 3.40. The second-order valence-electron chi connectivity index (χ2n) is 5.77. The highest BCUT2D eigenvalue weighted by atomic mass is 32.1. The van der Waals surface area contributed by atoms with Crippen LogP contribution in [0.15, 0.2) is 52.6 Å². The zero-order valence-electron chi connectivity index (χ0n) is 14.0. The van der Waals surface area contributed by atoms with E-state index in [0.717, 1.165) is 23.1 Å². The lowest BCUT2D eigenvalue weighted by molar-refractivity contribution is -0.116. The monoisotopic (exact) mass is 374 g/mol. The molecule has 0 unspecified atom stereocenters. The number of carbonyl (C=O) groups is 1. The van der Waals surface area contributed by atoms with Gasteiger partial charge in [0.25, 0.3) is 0 Å². The van der Waals surface area contributed by atoms with Crippen molar-refractivity contribution < 1.29 is 13.6 Å². The van der Waals surface area contributed by atoms with Crippen molar-refractivity contribution in [3.63, 3.8) is 0 Å². The van der Waals surface area contributed by atoms with Gasteiger partial charge in [0.15, 0.2) is 0 Å². The van der Waals surface area contributed by atoms with Crippen molar-refractivity contribution in [3.05, 3.63) is 74.8 Å². The lowest BCUT2D eigenvalue weighted by Gasteiger charge is -2.13. The minimum atomic E-state index is -0.846. The molecule has 0 fully saturated rings. The number of halogens is 2. The lowest BCUT2D eigenvalue weighted by Crippen LogP contribution is -2.20. The van der Waals surface area contributed by atoms with Gasteiger partial charge in [0, 0.05) is 35.7 Å². The minimum absolute atomic E-state index is 0.00251. The molecule has 1 N–H and O–H groups in total. The van der Waals surface area contributed by atoms with Gasteiger partial charge in [-0.15, -0.1) is 0 Å². The number of hydrogen-bond donors (Lipinski definition) is 1. The van der Waals surface area contributed by atoms with Gasteiger partial charge in [0.05, 0.1) is 5.69 Å². The van der Waals surface area contributed by atoms with E-state index in [1.54, 1.807) is 42.6 Å². The van der Waals surface area contributed by atoms with E-state index in [0.29, 0.717) is 5.56 Å². The van der Waals surface area contributed by atoms with Crippen LogP contribution in [0.3, 0.4) is 0 Å². The standard InChI is InChI=1S/C19H16F2N2O2S/c1-12-11-26-19(25)23(12)8-7-17(24)22-18-15(9-14(20)10-16(18)21)13-5-3-2-4-6-13/h2-6,9-11H,7-8H2,1H3,(H,22,24). The number of anilines is 1. The molecule has 1 aromatic heterocycles. The molecule has 0 saturated heterocycles. The Bertz CT molecular complexity index is 997. The maximum atomic E-state index is 14.3. The summed E-state index contributed by atoms with van der Waals surface area (Å²) in [5, 5.41) is 4.23. The third kappa shape index (κ3) is 3.88. The van der Waals surface area contributed by atoms with Crippen molar-refractivity contribution in [3.8, 4) is 11.1 Å². The number of aryl methyl sites for hydroxylation is 1. The molecule has 0 atom stereocenters. The number of aromatic nitrogens is 1. The van der Waals surface area contributed by atoms with E-state index in [2.05, 4.69) is 5.32 Å². The molecule has 0 bridgehead atoms. The summed E-state index contributed by atoms with van der Waals surface area (Å²) in [4.78, 5) is 23.8. The van der Waals surface area contributed by atoms with Crippen LogP contribution in [0.1, 0.15) is 12.1 Å². The van der Waals surface area contributed by atoms with Crippen molar-refractivity contribution in [2.75, 3.05) is 5.32 Å². The Kier molecular flexibility index (Phi) is 5.27. The number of nitrogens with zero attached hydrogens (tertiary/aromatic N) is 1. The van der Waals surface area contributed by atoms with Gasteiger partial charge in [0.2, 0.25) is 5.91 Å². The van der Waals surface area contributed by atoms with Crippen LogP contribution < -0.4 is 10.2 Å². The molecular formula is C19H16F2N2O2S. The zero-order valence-corrected chi connectivity index (χ0v) is 14.8. The second-order valence-corrected chi connectivity index (χ2v) is 6.59. The first-order chi connectivity index (χ1) is 12.5. The lowest BCUT2D eigenvalue weighted by atomic mass is 10.0. The van der Waals surface area contributed by atoms with Crippen LogP contribution in [0.4, 0.5) is 14.5 Å². The van der Waals surface area contributed by atoms with E-state index in [9.17, 15) is 18.4 Å². The summed E-state index contributed by atoms with van der Waals surface area (Å²) in [6.45, 7) is 1.98. The molecule has 2 aromatic carbocycles. The van der Waals surface area contributed by atoms with E-state index >= 15 is 0 Å². The molecule has 26 heavy (non-hydrogen) atoms. The Morgan fingerprint density at radius 3 is 2.58 bits per heavy atom. The predicted octanol–water partition coefficient (Wildman–Crippen LogP) is 4.19. The highest BCUT2D eigenvalue weighted by Crippen LogP contribution is 2.31. The Morgan fingerprint density at radius 2 is 1.92 bits per heavy atom. The molecule has 0 aliphatic carbocycles. The number of rotatable bonds is 5. The Hall–Kier alpha value is -2.80. The summed E-state index contributed by atoms with van der Waals surface area (Å²) < 4.78 is 29.4. The van der Waals surface area contributed by atoms with E-state index in [4.69, 9.17) is 0 Å². The van der Waals surface area contributed by atoms with Crippen molar-refractivity contribution in [1.82, 2.24) is 4.57 Å². The normalized spacial score (nSPS) is 10.7. The Labute approximate surface area is 152 Å². The molecule has 7 heteroatoms. The molecule has 0 aliphatic heterocycles. The number of thiazole rings is 1. The van der Waals surface area contributed by atoms with Crippen LogP contribution >= 0.6 is 11.3 Å². The van der Waals surface area contributed by atoms with E-state index in [-0.39, 0.29) is 29.1 Å². The van der Waals surface area contributed by atoms with Crippen LogP contribution in [-0.4, -0.2) is 10.5 Å². The van der Waals surface area contributed by atoms with Crippen LogP contribution in [0.5, 0.6) is 0 Å². The smallest absolute Gasteiger partial charge is 0.307 e. The van der Waals surface area contributed by atoms with Crippen LogP contribution in [0, 0.1) is 18.6 Å². The largest absolute Gasteiger partial charge is 0.323 e. The third-order valence-corrected chi connectivity index (χ3v) is 4.82. The highest BCUT2D eigenvalue weighted by Gasteiger charge is 2.16. The molecule has 0 saturated carbocycles. The summed E-state index contributed by atoms with van der Waals surface area (Å²) in [6.07, 6.45) is 0.00251. The van der Waals surface area contributed by atoms with Gasteiger partial charge in [-0.25, -0.2) is 8.78 Å². The average Bonchev–Trinajstić information content (AvgIpc) is 2.94. The van der Waals surface area contributed by atoms with Gasteiger partial charge in [0.1, 0.15) is 11.6 Å². The average molecular weight is 374 g/mol. The maximum Gasteiger partial charge on any atom is 0.307 e. The molecular weight excluding hydrogens is 358 g/mol. The summed E-state index contributed by atoms with van der Waals surface area (Å²) in [7, 11) is 0. The first-order valence-corrected chi connectivity index (χ1v) is 8.83. The minimum Gasteiger partial charge on any atom is -0.323 e.